The molecule has 1 aromatic heterocycles. The van der Waals surface area contributed by atoms with Crippen molar-refractivity contribution < 1.29 is 4.74 Å². The smallest absolute Gasteiger partial charge is 0.132 e. The Bertz CT molecular complexity index is 698. The van der Waals surface area contributed by atoms with Crippen molar-refractivity contribution in [3.05, 3.63) is 33.2 Å². The van der Waals surface area contributed by atoms with E-state index in [1.807, 2.05) is 6.07 Å². The fraction of sp³-hybridized carbons (Fsp3) is 0.333. The van der Waals surface area contributed by atoms with Gasteiger partial charge in [-0.05, 0) is 52.1 Å². The third kappa shape index (κ3) is 1.87. The molecule has 1 aliphatic rings. The quantitative estimate of drug-likeness (QED) is 0.771. The lowest BCUT2D eigenvalue weighted by Gasteiger charge is -2.34. The number of hydrogen-bond donors (Lipinski definition) is 1. The number of nitrogens with zero attached hydrogens (tertiary/aromatic N) is 2. The molecule has 2 N–H and O–H groups in total. The Hall–Kier alpha value is -1.37. The summed E-state index contributed by atoms with van der Waals surface area (Å²) in [6.45, 7) is 4.37. The van der Waals surface area contributed by atoms with Gasteiger partial charge in [0.25, 0.3) is 0 Å². The maximum atomic E-state index is 6.09. The molecule has 0 spiro atoms. The second kappa shape index (κ2) is 4.58. The van der Waals surface area contributed by atoms with Crippen molar-refractivity contribution >= 4 is 28.4 Å². The Morgan fingerprint density at radius 2 is 2.05 bits per heavy atom. The Labute approximate surface area is 131 Å². The minimum Gasteiger partial charge on any atom is -0.496 e. The van der Waals surface area contributed by atoms with E-state index in [-0.39, 0.29) is 5.41 Å². The van der Waals surface area contributed by atoms with Crippen LogP contribution in [0, 0.1) is 3.57 Å². The molecule has 1 aromatic carbocycles. The molecule has 0 saturated carbocycles. The number of nitrogens with two attached hydrogens (primary N) is 1. The van der Waals surface area contributed by atoms with Crippen LogP contribution in [0.2, 0.25) is 0 Å². The second-order valence-corrected chi connectivity index (χ2v) is 6.73. The fourth-order valence-corrected chi connectivity index (χ4v) is 3.83. The maximum Gasteiger partial charge on any atom is 0.132 e. The van der Waals surface area contributed by atoms with E-state index in [4.69, 9.17) is 10.5 Å². The molecule has 1 heterocycles. The van der Waals surface area contributed by atoms with E-state index in [9.17, 15) is 0 Å². The standard InChI is InChI=1S/C15H16IN3O/c1-15(2)6-9-8(4-5-10(20-3)12(9)16)13-11(15)14(17)19-7-18-13/h4-5,7H,6H2,1-3H3,(H2,17,18,19). The number of methoxy groups -OCH3 is 1. The van der Waals surface area contributed by atoms with Crippen molar-refractivity contribution in [2.75, 3.05) is 12.8 Å². The van der Waals surface area contributed by atoms with Gasteiger partial charge in [0.1, 0.15) is 17.9 Å². The van der Waals surface area contributed by atoms with E-state index < -0.39 is 0 Å². The lowest BCUT2D eigenvalue weighted by atomic mass is 9.72. The van der Waals surface area contributed by atoms with Crippen LogP contribution >= 0.6 is 22.6 Å². The summed E-state index contributed by atoms with van der Waals surface area (Å²) in [5.41, 5.74) is 10.4. The van der Waals surface area contributed by atoms with Crippen LogP contribution in [0.15, 0.2) is 18.5 Å². The highest BCUT2D eigenvalue weighted by Crippen LogP contribution is 2.46. The van der Waals surface area contributed by atoms with E-state index in [0.29, 0.717) is 5.82 Å². The van der Waals surface area contributed by atoms with Crippen LogP contribution in [0.1, 0.15) is 25.0 Å². The van der Waals surface area contributed by atoms with Gasteiger partial charge in [-0.1, -0.05) is 13.8 Å². The van der Waals surface area contributed by atoms with Gasteiger partial charge in [0.2, 0.25) is 0 Å². The summed E-state index contributed by atoms with van der Waals surface area (Å²) in [5, 5.41) is 0. The molecule has 104 valence electrons. The number of nitrogen functional groups attached to an aromatic ring is 1. The van der Waals surface area contributed by atoms with Crippen molar-refractivity contribution in [1.29, 1.82) is 0 Å². The van der Waals surface area contributed by atoms with E-state index in [1.54, 1.807) is 7.11 Å². The van der Waals surface area contributed by atoms with Crippen molar-refractivity contribution in [2.24, 2.45) is 0 Å². The predicted octanol–water partition coefficient (Wildman–Crippen LogP) is 3.17. The summed E-state index contributed by atoms with van der Waals surface area (Å²) < 4.78 is 6.58. The molecular weight excluding hydrogens is 365 g/mol. The number of rotatable bonds is 1. The molecule has 0 saturated heterocycles. The summed E-state index contributed by atoms with van der Waals surface area (Å²) >= 11 is 2.35. The van der Waals surface area contributed by atoms with Crippen LogP contribution in [0.5, 0.6) is 5.75 Å². The lowest BCUT2D eigenvalue weighted by molar-refractivity contribution is 0.409. The zero-order valence-corrected chi connectivity index (χ0v) is 13.9. The molecular formula is C15H16IN3O. The lowest BCUT2D eigenvalue weighted by Crippen LogP contribution is -2.28. The van der Waals surface area contributed by atoms with Crippen molar-refractivity contribution in [3.8, 4) is 17.0 Å². The highest BCUT2D eigenvalue weighted by Gasteiger charge is 2.35. The largest absolute Gasteiger partial charge is 0.496 e. The third-order valence-corrected chi connectivity index (χ3v) is 5.04. The SMILES string of the molecule is COc1ccc2c(c1I)CC(C)(C)c1c(N)ncnc1-2. The average molecular weight is 381 g/mol. The average Bonchev–Trinajstić information content (AvgIpc) is 2.39. The van der Waals surface area contributed by atoms with Crippen LogP contribution in [0.4, 0.5) is 5.82 Å². The number of hydrogen-bond acceptors (Lipinski definition) is 4. The van der Waals surface area contributed by atoms with Crippen molar-refractivity contribution in [2.45, 2.75) is 25.7 Å². The van der Waals surface area contributed by atoms with Crippen molar-refractivity contribution in [3.63, 3.8) is 0 Å². The van der Waals surface area contributed by atoms with Gasteiger partial charge >= 0.3 is 0 Å². The molecule has 0 unspecified atom stereocenters. The molecule has 0 aliphatic heterocycles. The summed E-state index contributed by atoms with van der Waals surface area (Å²) in [4.78, 5) is 8.64. The van der Waals surface area contributed by atoms with Gasteiger partial charge in [-0.3, -0.25) is 0 Å². The van der Waals surface area contributed by atoms with Gasteiger partial charge in [0.05, 0.1) is 16.4 Å². The molecule has 2 aromatic rings. The zero-order valence-electron chi connectivity index (χ0n) is 11.7. The first-order chi connectivity index (χ1) is 9.45. The topological polar surface area (TPSA) is 61.0 Å². The minimum absolute atomic E-state index is 0.0834. The van der Waals surface area contributed by atoms with Crippen LogP contribution in [-0.4, -0.2) is 17.1 Å². The zero-order chi connectivity index (χ0) is 14.5. The maximum absolute atomic E-state index is 6.09. The molecule has 1 aliphatic carbocycles. The number of ether oxygens (including phenoxy) is 1. The van der Waals surface area contributed by atoms with Crippen LogP contribution in [0.3, 0.4) is 0 Å². The molecule has 20 heavy (non-hydrogen) atoms. The minimum atomic E-state index is -0.0834. The third-order valence-electron chi connectivity index (χ3n) is 3.85. The van der Waals surface area contributed by atoms with Gasteiger partial charge in [0, 0.05) is 11.1 Å². The number of halogens is 1. The highest BCUT2D eigenvalue weighted by atomic mass is 127. The van der Waals surface area contributed by atoms with Gasteiger partial charge in [-0.15, -0.1) is 0 Å². The number of benzene rings is 1. The Morgan fingerprint density at radius 3 is 2.75 bits per heavy atom. The normalized spacial score (nSPS) is 15.4. The number of anilines is 1. The number of fused-ring (bicyclic) bond motifs is 3. The Balaban J connectivity index is 2.35. The second-order valence-electron chi connectivity index (χ2n) is 5.65. The van der Waals surface area contributed by atoms with Gasteiger partial charge in [-0.2, -0.15) is 0 Å². The monoisotopic (exact) mass is 381 g/mol. The summed E-state index contributed by atoms with van der Waals surface area (Å²) in [7, 11) is 1.70. The highest BCUT2D eigenvalue weighted by molar-refractivity contribution is 14.1. The summed E-state index contributed by atoms with van der Waals surface area (Å²) in [6, 6.07) is 4.05. The molecule has 0 atom stereocenters. The van der Waals surface area contributed by atoms with Crippen LogP contribution in [0.25, 0.3) is 11.3 Å². The molecule has 0 radical (unpaired) electrons. The summed E-state index contributed by atoms with van der Waals surface area (Å²) in [5.74, 6) is 1.49. The summed E-state index contributed by atoms with van der Waals surface area (Å²) in [6.07, 6.45) is 2.44. The van der Waals surface area contributed by atoms with Gasteiger partial charge < -0.3 is 10.5 Å². The van der Waals surface area contributed by atoms with E-state index in [1.165, 1.54) is 11.9 Å². The molecule has 5 heteroatoms. The molecule has 0 bridgehead atoms. The van der Waals surface area contributed by atoms with Crippen LogP contribution in [-0.2, 0) is 11.8 Å². The van der Waals surface area contributed by atoms with Crippen LogP contribution < -0.4 is 10.5 Å². The first kappa shape index (κ1) is 13.6. The van der Waals surface area contributed by atoms with Gasteiger partial charge in [0.15, 0.2) is 0 Å². The predicted molar refractivity (Wildman–Crippen MR) is 87.9 cm³/mol. The first-order valence-electron chi connectivity index (χ1n) is 6.42. The van der Waals surface area contributed by atoms with Gasteiger partial charge in [-0.25, -0.2) is 9.97 Å². The molecule has 0 fully saturated rings. The van der Waals surface area contributed by atoms with E-state index >= 15 is 0 Å². The number of aromatic nitrogens is 2. The van der Waals surface area contributed by atoms with E-state index in [0.717, 1.165) is 32.6 Å². The molecule has 3 rings (SSSR count). The molecule has 0 amide bonds. The fourth-order valence-electron chi connectivity index (χ4n) is 2.95. The van der Waals surface area contributed by atoms with E-state index in [2.05, 4.69) is 52.5 Å². The Kier molecular flexibility index (Phi) is 3.12. The molecule has 4 nitrogen and oxygen atoms in total. The Morgan fingerprint density at radius 1 is 1.30 bits per heavy atom. The van der Waals surface area contributed by atoms with Crippen molar-refractivity contribution in [1.82, 2.24) is 9.97 Å². The first-order valence-corrected chi connectivity index (χ1v) is 7.50.